The van der Waals surface area contributed by atoms with E-state index in [4.69, 9.17) is 9.47 Å². The van der Waals surface area contributed by atoms with Crippen LogP contribution in [-0.4, -0.2) is 68.7 Å². The number of carbonyl (C=O) groups is 2. The molecule has 0 bridgehead atoms. The maximum absolute atomic E-state index is 14.2. The van der Waals surface area contributed by atoms with Crippen LogP contribution in [0.1, 0.15) is 124 Å². The number of ether oxygens (including phenoxy) is 2. The molecule has 2 saturated carbocycles. The van der Waals surface area contributed by atoms with E-state index in [2.05, 4.69) is 0 Å². The van der Waals surface area contributed by atoms with E-state index >= 15 is 0 Å². The van der Waals surface area contributed by atoms with E-state index in [0.717, 1.165) is 18.4 Å². The number of hydrogen-bond donors (Lipinski definition) is 3. The summed E-state index contributed by atoms with van der Waals surface area (Å²) in [4.78, 5) is 28.1. The lowest BCUT2D eigenvalue weighted by Gasteiger charge is -2.47. The third kappa shape index (κ3) is 9.38. The molecule has 0 aromatic heterocycles. The minimum absolute atomic E-state index is 0.00798. The van der Waals surface area contributed by atoms with Crippen molar-refractivity contribution < 1.29 is 73.9 Å². The molecule has 0 spiro atoms. The van der Waals surface area contributed by atoms with E-state index in [1.807, 2.05) is 13.8 Å². The zero-order valence-electron chi connectivity index (χ0n) is 30.8. The van der Waals surface area contributed by atoms with Gasteiger partial charge < -0.3 is 24.8 Å². The van der Waals surface area contributed by atoms with Gasteiger partial charge in [0, 0.05) is 11.8 Å². The van der Waals surface area contributed by atoms with Crippen LogP contribution in [0.4, 0.5) is 39.5 Å². The van der Waals surface area contributed by atoms with Crippen molar-refractivity contribution in [3.8, 4) is 5.75 Å². The molecule has 1 aromatic rings. The average molecular weight is 779 g/mol. The fourth-order valence-electron chi connectivity index (χ4n) is 8.26. The van der Waals surface area contributed by atoms with E-state index in [1.54, 1.807) is 19.1 Å². The molecule has 2 aliphatic carbocycles. The van der Waals surface area contributed by atoms with Gasteiger partial charge in [-0.05, 0) is 122 Å². The highest BCUT2D eigenvalue weighted by molar-refractivity contribution is 5.81. The van der Waals surface area contributed by atoms with Crippen molar-refractivity contribution >= 4 is 11.9 Å². The maximum Gasteiger partial charge on any atom is 0.426 e. The molecule has 2 aliphatic rings. The van der Waals surface area contributed by atoms with Crippen molar-refractivity contribution in [1.29, 1.82) is 0 Å². The van der Waals surface area contributed by atoms with E-state index < -0.39 is 95.3 Å². The van der Waals surface area contributed by atoms with Gasteiger partial charge in [0.05, 0.1) is 10.8 Å². The van der Waals surface area contributed by atoms with Crippen molar-refractivity contribution in [3.05, 3.63) is 29.8 Å². The molecule has 6 unspecified atom stereocenters. The molecule has 0 heterocycles. The number of carbonyl (C=O) groups excluding carboxylic acids is 2. The molecular weight excluding hydrogens is 727 g/mol. The van der Waals surface area contributed by atoms with Crippen molar-refractivity contribution in [2.45, 2.75) is 160 Å². The molecule has 16 heteroatoms. The molecule has 0 amide bonds. The number of halogens is 9. The second-order valence-corrected chi connectivity index (χ2v) is 16.2. The Morgan fingerprint density at radius 2 is 1.30 bits per heavy atom. The number of esters is 2. The van der Waals surface area contributed by atoms with Gasteiger partial charge in [-0.15, -0.1) is 0 Å². The second kappa shape index (κ2) is 15.4. The molecule has 0 radical (unpaired) electrons. The van der Waals surface area contributed by atoms with Gasteiger partial charge in [-0.3, -0.25) is 9.59 Å². The quantitative estimate of drug-likeness (QED) is 0.135. The molecule has 0 saturated heterocycles. The number of phenolic OH excluding ortho intramolecular Hbond substituents is 1. The largest absolute Gasteiger partial charge is 0.508 e. The predicted octanol–water partition coefficient (Wildman–Crippen LogP) is 9.46. The fraction of sp³-hybridized carbons (Fsp3) is 0.784. The van der Waals surface area contributed by atoms with Crippen molar-refractivity contribution in [1.82, 2.24) is 0 Å². The number of alkyl halides is 9. The summed E-state index contributed by atoms with van der Waals surface area (Å²) in [6.45, 7) is 8.18. The summed E-state index contributed by atoms with van der Waals surface area (Å²) in [5, 5.41) is 30.4. The number of phenols is 1. The van der Waals surface area contributed by atoms with Gasteiger partial charge in [0.15, 0.2) is 5.60 Å². The first-order chi connectivity index (χ1) is 24.0. The standard InChI is InChI=1S/C37H51F9O7/c1-7-22(23-11-13-26(47)14-12-23)20-31(5,29(49)53-33(8-2)15-9-10-16-33)21-30(3,4)28(48)52-27-18-24(32(6,50)35(38,39)40)17-25(19-27)34(51,36(41,42)43)37(44,45)46/h11-14,22,24-25,27,47,50-51H,7-10,15-21H2,1-6H3. The zero-order valence-corrected chi connectivity index (χ0v) is 30.8. The number of hydrogen-bond acceptors (Lipinski definition) is 7. The lowest BCUT2D eigenvalue weighted by atomic mass is 9.66. The van der Waals surface area contributed by atoms with Crippen LogP contribution in [0.2, 0.25) is 0 Å². The molecule has 3 N–H and O–H groups in total. The highest BCUT2D eigenvalue weighted by Gasteiger charge is 2.75. The van der Waals surface area contributed by atoms with E-state index in [-0.39, 0.29) is 31.4 Å². The lowest BCUT2D eigenvalue weighted by Crippen LogP contribution is -2.64. The van der Waals surface area contributed by atoms with Crippen LogP contribution in [0.5, 0.6) is 5.75 Å². The Hall–Kier alpha value is -2.75. The van der Waals surface area contributed by atoms with Gasteiger partial charge >= 0.3 is 30.5 Å². The highest BCUT2D eigenvalue weighted by Crippen LogP contribution is 2.56. The number of benzene rings is 1. The van der Waals surface area contributed by atoms with Gasteiger partial charge in [0.2, 0.25) is 0 Å². The molecule has 0 aliphatic heterocycles. The summed E-state index contributed by atoms with van der Waals surface area (Å²) in [5.41, 5.74) is -12.5. The summed E-state index contributed by atoms with van der Waals surface area (Å²) < 4.78 is 137. The third-order valence-corrected chi connectivity index (χ3v) is 11.7. The first kappa shape index (κ1) is 44.6. The number of rotatable bonds is 13. The molecule has 7 nitrogen and oxygen atoms in total. The van der Waals surface area contributed by atoms with Crippen LogP contribution in [-0.2, 0) is 19.1 Å². The molecular formula is C37H51F9O7. The van der Waals surface area contributed by atoms with Gasteiger partial charge in [0.25, 0.3) is 5.60 Å². The third-order valence-electron chi connectivity index (χ3n) is 11.7. The fourth-order valence-corrected chi connectivity index (χ4v) is 8.26. The van der Waals surface area contributed by atoms with E-state index in [9.17, 15) is 64.4 Å². The molecule has 304 valence electrons. The van der Waals surface area contributed by atoms with Gasteiger partial charge in [-0.1, -0.05) is 26.0 Å². The summed E-state index contributed by atoms with van der Waals surface area (Å²) in [7, 11) is 0. The normalized spacial score (nSPS) is 24.5. The molecule has 1 aromatic carbocycles. The summed E-state index contributed by atoms with van der Waals surface area (Å²) in [5.74, 6) is -7.49. The van der Waals surface area contributed by atoms with Crippen LogP contribution in [0.3, 0.4) is 0 Å². The van der Waals surface area contributed by atoms with Crippen molar-refractivity contribution in [2.75, 3.05) is 0 Å². The Balaban J connectivity index is 2.01. The van der Waals surface area contributed by atoms with Crippen molar-refractivity contribution in [3.63, 3.8) is 0 Å². The monoisotopic (exact) mass is 778 g/mol. The maximum atomic E-state index is 14.2. The Labute approximate surface area is 303 Å². The number of aromatic hydroxyl groups is 1. The summed E-state index contributed by atoms with van der Waals surface area (Å²) in [6, 6.07) is 6.29. The summed E-state index contributed by atoms with van der Waals surface area (Å²) in [6.07, 6.45) is -20.4. The molecule has 2 fully saturated rings. The predicted molar refractivity (Wildman–Crippen MR) is 174 cm³/mol. The minimum Gasteiger partial charge on any atom is -0.508 e. The van der Waals surface area contributed by atoms with Crippen LogP contribution in [0, 0.1) is 22.7 Å². The molecule has 3 rings (SSSR count). The van der Waals surface area contributed by atoms with E-state index in [1.165, 1.54) is 26.0 Å². The first-order valence-electron chi connectivity index (χ1n) is 17.9. The molecule has 53 heavy (non-hydrogen) atoms. The van der Waals surface area contributed by atoms with Crippen LogP contribution in [0.15, 0.2) is 24.3 Å². The Morgan fingerprint density at radius 1 is 0.792 bits per heavy atom. The van der Waals surface area contributed by atoms with Gasteiger partial charge in [0.1, 0.15) is 17.5 Å². The first-order valence-corrected chi connectivity index (χ1v) is 17.9. The van der Waals surface area contributed by atoms with Crippen LogP contribution >= 0.6 is 0 Å². The summed E-state index contributed by atoms with van der Waals surface area (Å²) >= 11 is 0. The van der Waals surface area contributed by atoms with E-state index in [0.29, 0.717) is 25.7 Å². The Morgan fingerprint density at radius 3 is 1.75 bits per heavy atom. The lowest BCUT2D eigenvalue weighted by molar-refractivity contribution is -0.391. The number of aliphatic hydroxyl groups is 2. The van der Waals surface area contributed by atoms with Crippen molar-refractivity contribution in [2.24, 2.45) is 22.7 Å². The smallest absolute Gasteiger partial charge is 0.426 e. The topological polar surface area (TPSA) is 113 Å². The van der Waals surface area contributed by atoms with Crippen LogP contribution in [0.25, 0.3) is 0 Å². The van der Waals surface area contributed by atoms with Gasteiger partial charge in [-0.2, -0.15) is 39.5 Å². The Bertz CT molecular complexity index is 1400. The Kier molecular flexibility index (Phi) is 13.0. The molecule has 6 atom stereocenters. The highest BCUT2D eigenvalue weighted by atomic mass is 19.4. The minimum atomic E-state index is -6.39. The van der Waals surface area contributed by atoms with Gasteiger partial charge in [-0.25, -0.2) is 0 Å². The SMILES string of the molecule is CCC(CC(C)(CC(C)(C)C(=O)OC1CC(C(C)(O)C(F)(F)F)CC(C(O)(C(F)(F)F)C(F)(F)F)C1)C(=O)OC1(CC)CCCC1)c1ccc(O)cc1. The van der Waals surface area contributed by atoms with Crippen LogP contribution < -0.4 is 0 Å². The average Bonchev–Trinajstić information content (AvgIpc) is 3.50. The second-order valence-electron chi connectivity index (χ2n) is 16.2. The zero-order chi connectivity index (χ0) is 40.6.